The molecule has 0 N–H and O–H groups in total. The third-order valence-electron chi connectivity index (χ3n) is 3.01. The zero-order chi connectivity index (χ0) is 14.7. The first-order chi connectivity index (χ1) is 9.56. The molecule has 3 nitrogen and oxygen atoms in total. The van der Waals surface area contributed by atoms with Crippen molar-refractivity contribution in [3.8, 4) is 11.5 Å². The zero-order valence-corrected chi connectivity index (χ0v) is 13.2. The van der Waals surface area contributed by atoms with Crippen LogP contribution >= 0.6 is 15.9 Å². The van der Waals surface area contributed by atoms with E-state index in [0.29, 0.717) is 22.6 Å². The summed E-state index contributed by atoms with van der Waals surface area (Å²) >= 11 is 3.37. The number of benzene rings is 2. The van der Waals surface area contributed by atoms with Crippen LogP contribution in [0.15, 0.2) is 40.9 Å². The highest BCUT2D eigenvalue weighted by molar-refractivity contribution is 9.10. The molecule has 4 heteroatoms. The molecule has 2 rings (SSSR count). The van der Waals surface area contributed by atoms with Crippen LogP contribution in [0.4, 0.5) is 0 Å². The molecule has 0 aliphatic carbocycles. The lowest BCUT2D eigenvalue weighted by molar-refractivity contribution is 0.103. The maximum absolute atomic E-state index is 12.7. The van der Waals surface area contributed by atoms with Crippen molar-refractivity contribution >= 4 is 21.7 Å². The summed E-state index contributed by atoms with van der Waals surface area (Å²) in [5, 5.41) is 0. The number of carbonyl (C=O) groups is 1. The van der Waals surface area contributed by atoms with Gasteiger partial charge in [-0.2, -0.15) is 0 Å². The van der Waals surface area contributed by atoms with Crippen LogP contribution in [0.2, 0.25) is 0 Å². The summed E-state index contributed by atoms with van der Waals surface area (Å²) in [4.78, 5) is 12.7. The Morgan fingerprint density at radius 3 is 2.30 bits per heavy atom. The smallest absolute Gasteiger partial charge is 0.200 e. The molecular weight excluding hydrogens is 320 g/mol. The molecule has 0 fully saturated rings. The molecule has 0 saturated carbocycles. The molecule has 0 radical (unpaired) electrons. The Morgan fingerprint density at radius 2 is 1.65 bits per heavy atom. The summed E-state index contributed by atoms with van der Waals surface area (Å²) in [7, 11) is 3.10. The number of hydrogen-bond donors (Lipinski definition) is 0. The van der Waals surface area contributed by atoms with Gasteiger partial charge in [0, 0.05) is 4.47 Å². The minimum atomic E-state index is -0.116. The van der Waals surface area contributed by atoms with Crippen molar-refractivity contribution in [3.05, 3.63) is 57.6 Å². The van der Waals surface area contributed by atoms with E-state index in [0.717, 1.165) is 10.0 Å². The first kappa shape index (κ1) is 14.6. The second kappa shape index (κ2) is 6.09. The monoisotopic (exact) mass is 334 g/mol. The minimum absolute atomic E-state index is 0.116. The maximum atomic E-state index is 12.7. The Labute approximate surface area is 126 Å². The second-order valence-corrected chi connectivity index (χ2v) is 5.29. The van der Waals surface area contributed by atoms with Crippen LogP contribution in [0.25, 0.3) is 0 Å². The van der Waals surface area contributed by atoms with Crippen LogP contribution in [0.5, 0.6) is 11.5 Å². The number of rotatable bonds is 4. The van der Waals surface area contributed by atoms with Crippen molar-refractivity contribution in [2.75, 3.05) is 14.2 Å². The van der Waals surface area contributed by atoms with E-state index < -0.39 is 0 Å². The van der Waals surface area contributed by atoms with E-state index in [4.69, 9.17) is 9.47 Å². The van der Waals surface area contributed by atoms with Crippen LogP contribution in [0.3, 0.4) is 0 Å². The van der Waals surface area contributed by atoms with Gasteiger partial charge in [0.05, 0.1) is 25.3 Å². The first-order valence-electron chi connectivity index (χ1n) is 6.09. The quantitative estimate of drug-likeness (QED) is 0.792. The Balaban J connectivity index is 2.54. The van der Waals surface area contributed by atoms with Gasteiger partial charge in [-0.3, -0.25) is 4.79 Å². The topological polar surface area (TPSA) is 35.5 Å². The molecule has 0 atom stereocenters. The van der Waals surface area contributed by atoms with Crippen LogP contribution in [-0.2, 0) is 0 Å². The lowest BCUT2D eigenvalue weighted by Gasteiger charge is -2.11. The van der Waals surface area contributed by atoms with Gasteiger partial charge in [0.2, 0.25) is 0 Å². The molecule has 104 valence electrons. The number of halogens is 1. The average molecular weight is 335 g/mol. The normalized spacial score (nSPS) is 10.2. The van der Waals surface area contributed by atoms with Gasteiger partial charge < -0.3 is 9.47 Å². The molecule has 0 aromatic heterocycles. The van der Waals surface area contributed by atoms with E-state index in [-0.39, 0.29) is 5.78 Å². The summed E-state index contributed by atoms with van der Waals surface area (Å²) < 4.78 is 11.4. The van der Waals surface area contributed by atoms with Crippen LogP contribution in [0.1, 0.15) is 21.5 Å². The van der Waals surface area contributed by atoms with Gasteiger partial charge in [0.15, 0.2) is 5.78 Å². The fraction of sp³-hybridized carbons (Fsp3) is 0.188. The van der Waals surface area contributed by atoms with Crippen molar-refractivity contribution < 1.29 is 14.3 Å². The van der Waals surface area contributed by atoms with Gasteiger partial charge in [0.1, 0.15) is 11.5 Å². The Kier molecular flexibility index (Phi) is 4.45. The van der Waals surface area contributed by atoms with E-state index in [1.165, 1.54) is 0 Å². The molecule has 0 saturated heterocycles. The van der Waals surface area contributed by atoms with Crippen molar-refractivity contribution in [1.82, 2.24) is 0 Å². The van der Waals surface area contributed by atoms with Gasteiger partial charge in [-0.15, -0.1) is 0 Å². The second-order valence-electron chi connectivity index (χ2n) is 4.38. The summed E-state index contributed by atoms with van der Waals surface area (Å²) in [6, 6.07) is 10.9. The standard InChI is InChI=1S/C16H15BrO3/c1-10-4-7-14(19-2)13(8-10)16(18)12-6-5-11(17)9-15(12)20-3/h4-9H,1-3H3. The highest BCUT2D eigenvalue weighted by Gasteiger charge is 2.18. The van der Waals surface area contributed by atoms with Gasteiger partial charge >= 0.3 is 0 Å². The Morgan fingerprint density at radius 1 is 0.950 bits per heavy atom. The van der Waals surface area contributed by atoms with Crippen molar-refractivity contribution in [2.45, 2.75) is 6.92 Å². The fourth-order valence-corrected chi connectivity index (χ4v) is 2.34. The Bertz CT molecular complexity index is 650. The first-order valence-corrected chi connectivity index (χ1v) is 6.89. The molecular formula is C16H15BrO3. The molecule has 2 aromatic carbocycles. The summed E-state index contributed by atoms with van der Waals surface area (Å²) in [5.41, 5.74) is 2.05. The lowest BCUT2D eigenvalue weighted by Crippen LogP contribution is -2.06. The van der Waals surface area contributed by atoms with E-state index in [9.17, 15) is 4.79 Å². The number of ether oxygens (including phenoxy) is 2. The molecule has 0 heterocycles. The number of ketones is 1. The fourth-order valence-electron chi connectivity index (χ4n) is 2.00. The van der Waals surface area contributed by atoms with Crippen LogP contribution in [0, 0.1) is 6.92 Å². The molecule has 0 aliphatic heterocycles. The van der Waals surface area contributed by atoms with Gasteiger partial charge in [-0.25, -0.2) is 0 Å². The van der Waals surface area contributed by atoms with Crippen LogP contribution < -0.4 is 9.47 Å². The van der Waals surface area contributed by atoms with E-state index in [1.54, 1.807) is 32.4 Å². The van der Waals surface area contributed by atoms with E-state index >= 15 is 0 Å². The number of aryl methyl sites for hydroxylation is 1. The molecule has 2 aromatic rings. The van der Waals surface area contributed by atoms with E-state index in [1.807, 2.05) is 25.1 Å². The number of carbonyl (C=O) groups excluding carboxylic acids is 1. The third kappa shape index (κ3) is 2.85. The van der Waals surface area contributed by atoms with Crippen LogP contribution in [-0.4, -0.2) is 20.0 Å². The highest BCUT2D eigenvalue weighted by atomic mass is 79.9. The zero-order valence-electron chi connectivity index (χ0n) is 11.6. The van der Waals surface area contributed by atoms with E-state index in [2.05, 4.69) is 15.9 Å². The molecule has 0 bridgehead atoms. The molecule has 0 amide bonds. The van der Waals surface area contributed by atoms with Gasteiger partial charge in [0.25, 0.3) is 0 Å². The predicted molar refractivity (Wildman–Crippen MR) is 81.9 cm³/mol. The number of hydrogen-bond acceptors (Lipinski definition) is 3. The lowest BCUT2D eigenvalue weighted by atomic mass is 10.00. The van der Waals surface area contributed by atoms with Gasteiger partial charge in [-0.1, -0.05) is 27.6 Å². The van der Waals surface area contributed by atoms with Gasteiger partial charge in [-0.05, 0) is 37.3 Å². The molecule has 20 heavy (non-hydrogen) atoms. The predicted octanol–water partition coefficient (Wildman–Crippen LogP) is 4.01. The average Bonchev–Trinajstić information content (AvgIpc) is 2.46. The molecule has 0 aliphatic rings. The maximum Gasteiger partial charge on any atom is 0.200 e. The number of methoxy groups -OCH3 is 2. The summed E-state index contributed by atoms with van der Waals surface area (Å²) in [6.45, 7) is 1.94. The molecule has 0 spiro atoms. The summed E-state index contributed by atoms with van der Waals surface area (Å²) in [5.74, 6) is 0.980. The Hall–Kier alpha value is -1.81. The molecule has 0 unspecified atom stereocenters. The summed E-state index contributed by atoms with van der Waals surface area (Å²) in [6.07, 6.45) is 0. The van der Waals surface area contributed by atoms with Crippen molar-refractivity contribution in [2.24, 2.45) is 0 Å². The SMILES string of the molecule is COc1cc(Br)ccc1C(=O)c1cc(C)ccc1OC. The minimum Gasteiger partial charge on any atom is -0.496 e. The highest BCUT2D eigenvalue weighted by Crippen LogP contribution is 2.29. The van der Waals surface area contributed by atoms with Crippen molar-refractivity contribution in [1.29, 1.82) is 0 Å². The van der Waals surface area contributed by atoms with Crippen molar-refractivity contribution in [3.63, 3.8) is 0 Å². The largest absolute Gasteiger partial charge is 0.496 e. The third-order valence-corrected chi connectivity index (χ3v) is 3.50.